The molecular formula is C21H16BrN3O3S. The molecule has 2 aromatic carbocycles. The number of nitrogens with zero attached hydrogens (tertiary/aromatic N) is 3. The van der Waals surface area contributed by atoms with Crippen molar-refractivity contribution in [1.82, 2.24) is 10.2 Å². The number of ketones is 1. The number of halogens is 1. The largest absolute Gasteiger partial charge is 0.503 e. The van der Waals surface area contributed by atoms with E-state index in [1.54, 1.807) is 19.1 Å². The minimum atomic E-state index is -0.795. The maximum absolute atomic E-state index is 13.3. The fraction of sp³-hybridized carbons (Fsp3) is 0.143. The second-order valence-corrected chi connectivity index (χ2v) is 8.77. The van der Waals surface area contributed by atoms with E-state index in [4.69, 9.17) is 0 Å². The zero-order valence-corrected chi connectivity index (χ0v) is 18.0. The summed E-state index contributed by atoms with van der Waals surface area (Å²) in [6.07, 6.45) is 0. The Morgan fingerprint density at radius 2 is 1.72 bits per heavy atom. The Bertz CT molecular complexity index is 1140. The summed E-state index contributed by atoms with van der Waals surface area (Å²) in [7, 11) is 0. The number of aromatic nitrogens is 2. The summed E-state index contributed by atoms with van der Waals surface area (Å²) in [5.74, 6) is -1.62. The topological polar surface area (TPSA) is 83.4 Å². The summed E-state index contributed by atoms with van der Waals surface area (Å²) in [4.78, 5) is 27.6. The molecule has 0 saturated heterocycles. The average molecular weight is 470 g/mol. The van der Waals surface area contributed by atoms with Gasteiger partial charge in [0.15, 0.2) is 11.5 Å². The van der Waals surface area contributed by atoms with Crippen molar-refractivity contribution >= 4 is 44.1 Å². The SMILES string of the molecule is Cc1ccc(C(=O)C2=C(O)C(=O)N(c3nnc(C)s3)C2c2ccc(Br)cc2)cc1. The van der Waals surface area contributed by atoms with Gasteiger partial charge in [-0.2, -0.15) is 0 Å². The van der Waals surface area contributed by atoms with Crippen LogP contribution in [0.2, 0.25) is 0 Å². The van der Waals surface area contributed by atoms with Crippen LogP contribution in [0.1, 0.15) is 32.5 Å². The first-order valence-electron chi connectivity index (χ1n) is 8.80. The van der Waals surface area contributed by atoms with Crippen LogP contribution in [0.4, 0.5) is 5.13 Å². The number of aryl methyl sites for hydroxylation is 2. The molecule has 3 aromatic rings. The third kappa shape index (κ3) is 3.49. The van der Waals surface area contributed by atoms with Crippen LogP contribution >= 0.6 is 27.3 Å². The van der Waals surface area contributed by atoms with E-state index in [1.165, 1.54) is 16.2 Å². The van der Waals surface area contributed by atoms with E-state index in [0.29, 0.717) is 21.3 Å². The van der Waals surface area contributed by atoms with Crippen LogP contribution in [0.15, 0.2) is 64.3 Å². The molecule has 4 rings (SSSR count). The Labute approximate surface area is 179 Å². The smallest absolute Gasteiger partial charge is 0.296 e. The highest BCUT2D eigenvalue weighted by atomic mass is 79.9. The molecule has 0 saturated carbocycles. The molecule has 1 atom stereocenters. The van der Waals surface area contributed by atoms with Crippen molar-refractivity contribution < 1.29 is 14.7 Å². The van der Waals surface area contributed by atoms with Gasteiger partial charge in [0, 0.05) is 10.0 Å². The summed E-state index contributed by atoms with van der Waals surface area (Å²) < 4.78 is 0.864. The molecule has 1 aromatic heterocycles. The molecule has 6 nitrogen and oxygen atoms in total. The number of carbonyl (C=O) groups excluding carboxylic acids is 2. The molecule has 0 aliphatic carbocycles. The maximum Gasteiger partial charge on any atom is 0.296 e. The van der Waals surface area contributed by atoms with Crippen LogP contribution in [0.5, 0.6) is 0 Å². The number of hydrogen-bond donors (Lipinski definition) is 1. The lowest BCUT2D eigenvalue weighted by Gasteiger charge is -2.24. The van der Waals surface area contributed by atoms with Crippen molar-refractivity contribution in [2.45, 2.75) is 19.9 Å². The maximum atomic E-state index is 13.3. The van der Waals surface area contributed by atoms with Crippen LogP contribution in [0, 0.1) is 13.8 Å². The van der Waals surface area contributed by atoms with Gasteiger partial charge in [-0.25, -0.2) is 0 Å². The lowest BCUT2D eigenvalue weighted by Crippen LogP contribution is -2.31. The summed E-state index contributed by atoms with van der Waals surface area (Å²) in [5, 5.41) is 19.7. The summed E-state index contributed by atoms with van der Waals surface area (Å²) in [5.41, 5.74) is 2.14. The van der Waals surface area contributed by atoms with Gasteiger partial charge in [0.05, 0.1) is 11.6 Å². The van der Waals surface area contributed by atoms with Gasteiger partial charge >= 0.3 is 0 Å². The van der Waals surface area contributed by atoms with Crippen LogP contribution in [-0.4, -0.2) is 27.0 Å². The third-order valence-corrected chi connectivity index (χ3v) is 6.04. The van der Waals surface area contributed by atoms with Gasteiger partial charge < -0.3 is 5.11 Å². The predicted molar refractivity (Wildman–Crippen MR) is 114 cm³/mol. The van der Waals surface area contributed by atoms with E-state index in [2.05, 4.69) is 26.1 Å². The van der Waals surface area contributed by atoms with Crippen LogP contribution in [-0.2, 0) is 4.79 Å². The van der Waals surface area contributed by atoms with E-state index in [9.17, 15) is 14.7 Å². The molecule has 1 amide bonds. The number of benzene rings is 2. The van der Waals surface area contributed by atoms with Gasteiger partial charge in [-0.15, -0.1) is 10.2 Å². The van der Waals surface area contributed by atoms with Crippen molar-refractivity contribution in [2.24, 2.45) is 0 Å². The Morgan fingerprint density at radius 1 is 1.07 bits per heavy atom. The lowest BCUT2D eigenvalue weighted by atomic mass is 9.92. The first kappa shape index (κ1) is 19.5. The molecule has 29 heavy (non-hydrogen) atoms. The summed E-state index contributed by atoms with van der Waals surface area (Å²) in [6, 6.07) is 13.5. The Balaban J connectivity index is 1.86. The third-order valence-electron chi connectivity index (χ3n) is 4.67. The summed E-state index contributed by atoms with van der Waals surface area (Å²) >= 11 is 4.63. The zero-order chi connectivity index (χ0) is 20.7. The number of rotatable bonds is 4. The highest BCUT2D eigenvalue weighted by Crippen LogP contribution is 2.42. The van der Waals surface area contributed by atoms with E-state index < -0.39 is 23.5 Å². The van der Waals surface area contributed by atoms with E-state index >= 15 is 0 Å². The number of amides is 1. The molecule has 2 heterocycles. The van der Waals surface area contributed by atoms with Gasteiger partial charge in [-0.3, -0.25) is 14.5 Å². The molecule has 1 unspecified atom stereocenters. The van der Waals surface area contributed by atoms with Crippen LogP contribution in [0.3, 0.4) is 0 Å². The zero-order valence-electron chi connectivity index (χ0n) is 15.6. The van der Waals surface area contributed by atoms with Gasteiger partial charge in [-0.05, 0) is 31.5 Å². The Kier molecular flexibility index (Phi) is 5.06. The number of anilines is 1. The standard InChI is InChI=1S/C21H16BrN3O3S/c1-11-3-5-14(6-4-11)18(26)16-17(13-7-9-15(22)10-8-13)25(20(28)19(16)27)21-24-23-12(2)29-21/h3-10,17,27H,1-2H3. The number of Topliss-reactive ketones (excluding diaryl/α,β-unsaturated/α-hetero) is 1. The normalized spacial score (nSPS) is 16.6. The molecule has 1 aliphatic heterocycles. The number of hydrogen-bond acceptors (Lipinski definition) is 6. The van der Waals surface area contributed by atoms with Gasteiger partial charge in [-0.1, -0.05) is 69.2 Å². The van der Waals surface area contributed by atoms with Crippen molar-refractivity contribution in [3.05, 3.63) is 86.0 Å². The molecule has 0 spiro atoms. The minimum Gasteiger partial charge on any atom is -0.503 e. The Hall–Kier alpha value is -2.84. The molecule has 0 radical (unpaired) electrons. The number of aliphatic hydroxyl groups is 1. The molecule has 0 fully saturated rings. The quantitative estimate of drug-likeness (QED) is 0.559. The predicted octanol–water partition coefficient (Wildman–Crippen LogP) is 4.70. The van der Waals surface area contributed by atoms with Crippen molar-refractivity contribution in [3.63, 3.8) is 0 Å². The number of carbonyl (C=O) groups is 2. The second-order valence-electron chi connectivity index (χ2n) is 6.69. The number of aliphatic hydroxyl groups excluding tert-OH is 1. The van der Waals surface area contributed by atoms with E-state index in [1.807, 2.05) is 43.3 Å². The lowest BCUT2D eigenvalue weighted by molar-refractivity contribution is -0.117. The average Bonchev–Trinajstić information content (AvgIpc) is 3.24. The van der Waals surface area contributed by atoms with Crippen LogP contribution < -0.4 is 4.90 Å². The van der Waals surface area contributed by atoms with E-state index in [-0.39, 0.29) is 5.57 Å². The van der Waals surface area contributed by atoms with Crippen LogP contribution in [0.25, 0.3) is 0 Å². The molecular weight excluding hydrogens is 454 g/mol. The van der Waals surface area contributed by atoms with Gasteiger partial charge in [0.1, 0.15) is 5.01 Å². The Morgan fingerprint density at radius 3 is 2.31 bits per heavy atom. The molecule has 8 heteroatoms. The van der Waals surface area contributed by atoms with E-state index in [0.717, 1.165) is 10.0 Å². The fourth-order valence-electron chi connectivity index (χ4n) is 3.24. The van der Waals surface area contributed by atoms with Crippen molar-refractivity contribution in [3.8, 4) is 0 Å². The molecule has 0 bridgehead atoms. The monoisotopic (exact) mass is 469 g/mol. The molecule has 1 aliphatic rings. The minimum absolute atomic E-state index is 0.0361. The van der Waals surface area contributed by atoms with Crippen molar-refractivity contribution in [1.29, 1.82) is 0 Å². The summed E-state index contributed by atoms with van der Waals surface area (Å²) in [6.45, 7) is 3.70. The molecule has 1 N–H and O–H groups in total. The van der Waals surface area contributed by atoms with Gasteiger partial charge in [0.25, 0.3) is 5.91 Å². The first-order chi connectivity index (χ1) is 13.9. The second kappa shape index (κ2) is 7.53. The van der Waals surface area contributed by atoms with Gasteiger partial charge in [0.2, 0.25) is 5.13 Å². The first-order valence-corrected chi connectivity index (χ1v) is 10.4. The van der Waals surface area contributed by atoms with Crippen molar-refractivity contribution in [2.75, 3.05) is 4.90 Å². The highest BCUT2D eigenvalue weighted by Gasteiger charge is 2.45. The molecule has 146 valence electrons. The fourth-order valence-corrected chi connectivity index (χ4v) is 4.22. The highest BCUT2D eigenvalue weighted by molar-refractivity contribution is 9.10.